The number of aromatic nitrogens is 1. The number of anilines is 1. The van der Waals surface area contributed by atoms with Crippen molar-refractivity contribution in [3.05, 3.63) is 22.9 Å². The summed E-state index contributed by atoms with van der Waals surface area (Å²) in [5, 5.41) is 12.4. The van der Waals surface area contributed by atoms with Crippen molar-refractivity contribution >= 4 is 5.82 Å². The first-order valence-electron chi connectivity index (χ1n) is 6.78. The van der Waals surface area contributed by atoms with E-state index >= 15 is 0 Å². The molecule has 0 unspecified atom stereocenters. The Morgan fingerprint density at radius 2 is 2.11 bits per heavy atom. The standard InChI is InChI=1S/C15H24N4/c1-11(2)19(5)8-6-7-17-15-14(10-16)12(3)9-13(4)18-15/h9,11H,6-8H2,1-5H3,(H,17,18). The lowest BCUT2D eigenvalue weighted by atomic mass is 10.1. The highest BCUT2D eigenvalue weighted by Gasteiger charge is 2.08. The molecule has 4 heteroatoms. The van der Waals surface area contributed by atoms with Gasteiger partial charge in [-0.2, -0.15) is 5.26 Å². The van der Waals surface area contributed by atoms with Crippen LogP contribution >= 0.6 is 0 Å². The maximum absolute atomic E-state index is 9.17. The molecule has 1 heterocycles. The van der Waals surface area contributed by atoms with Crippen LogP contribution in [0.3, 0.4) is 0 Å². The van der Waals surface area contributed by atoms with E-state index in [0.29, 0.717) is 17.4 Å². The van der Waals surface area contributed by atoms with Crippen molar-refractivity contribution < 1.29 is 0 Å². The summed E-state index contributed by atoms with van der Waals surface area (Å²) in [4.78, 5) is 6.72. The highest BCUT2D eigenvalue weighted by atomic mass is 15.1. The Hall–Kier alpha value is -1.60. The number of aryl methyl sites for hydroxylation is 2. The molecule has 0 spiro atoms. The predicted molar refractivity (Wildman–Crippen MR) is 79.3 cm³/mol. The van der Waals surface area contributed by atoms with Crippen LogP contribution < -0.4 is 5.32 Å². The van der Waals surface area contributed by atoms with E-state index in [9.17, 15) is 0 Å². The fourth-order valence-corrected chi connectivity index (χ4v) is 1.90. The molecule has 4 nitrogen and oxygen atoms in total. The second-order valence-electron chi connectivity index (χ2n) is 5.27. The lowest BCUT2D eigenvalue weighted by Gasteiger charge is -2.21. The molecule has 0 radical (unpaired) electrons. The molecule has 104 valence electrons. The van der Waals surface area contributed by atoms with Gasteiger partial charge in [0.25, 0.3) is 0 Å². The van der Waals surface area contributed by atoms with Crippen molar-refractivity contribution in [3.63, 3.8) is 0 Å². The van der Waals surface area contributed by atoms with Crippen molar-refractivity contribution in [1.29, 1.82) is 5.26 Å². The molecule has 19 heavy (non-hydrogen) atoms. The summed E-state index contributed by atoms with van der Waals surface area (Å²) in [6.07, 6.45) is 1.04. The van der Waals surface area contributed by atoms with Gasteiger partial charge >= 0.3 is 0 Å². The fraction of sp³-hybridized carbons (Fsp3) is 0.600. The molecule has 1 aromatic rings. The third-order valence-electron chi connectivity index (χ3n) is 3.32. The Labute approximate surface area is 116 Å². The summed E-state index contributed by atoms with van der Waals surface area (Å²) in [5.41, 5.74) is 2.58. The minimum absolute atomic E-state index is 0.564. The first-order chi connectivity index (χ1) is 8.95. The number of rotatable bonds is 6. The number of nitrogens with one attached hydrogen (secondary N) is 1. The maximum atomic E-state index is 9.17. The summed E-state index contributed by atoms with van der Waals surface area (Å²) < 4.78 is 0. The van der Waals surface area contributed by atoms with Gasteiger partial charge in [0.2, 0.25) is 0 Å². The molecular formula is C15H24N4. The predicted octanol–water partition coefficient (Wildman–Crippen LogP) is 2.71. The van der Waals surface area contributed by atoms with Gasteiger partial charge in [-0.05, 0) is 59.3 Å². The van der Waals surface area contributed by atoms with Gasteiger partial charge < -0.3 is 10.2 Å². The van der Waals surface area contributed by atoms with Gasteiger partial charge in [0.05, 0.1) is 5.56 Å². The van der Waals surface area contributed by atoms with E-state index in [2.05, 4.69) is 42.2 Å². The number of pyridine rings is 1. The van der Waals surface area contributed by atoms with Crippen molar-refractivity contribution in [2.24, 2.45) is 0 Å². The van der Waals surface area contributed by atoms with Crippen LogP contribution in [0.4, 0.5) is 5.82 Å². The van der Waals surface area contributed by atoms with E-state index in [4.69, 9.17) is 5.26 Å². The molecule has 0 saturated carbocycles. The molecule has 0 atom stereocenters. The first-order valence-corrected chi connectivity index (χ1v) is 6.78. The third kappa shape index (κ3) is 4.53. The van der Waals surface area contributed by atoms with E-state index in [1.54, 1.807) is 0 Å². The Kier molecular flexibility index (Phi) is 5.78. The molecule has 0 amide bonds. The van der Waals surface area contributed by atoms with Crippen LogP contribution in [-0.2, 0) is 0 Å². The average Bonchev–Trinajstić information content (AvgIpc) is 2.33. The molecule has 0 aliphatic heterocycles. The van der Waals surface area contributed by atoms with Gasteiger partial charge in [-0.1, -0.05) is 0 Å². The summed E-state index contributed by atoms with van der Waals surface area (Å²) in [7, 11) is 2.13. The molecule has 0 bridgehead atoms. The molecule has 0 aromatic carbocycles. The smallest absolute Gasteiger partial charge is 0.144 e. The molecule has 0 saturated heterocycles. The Balaban J connectivity index is 2.57. The second-order valence-corrected chi connectivity index (χ2v) is 5.27. The van der Waals surface area contributed by atoms with Crippen molar-refractivity contribution in [3.8, 4) is 6.07 Å². The van der Waals surface area contributed by atoms with Crippen molar-refractivity contribution in [1.82, 2.24) is 9.88 Å². The van der Waals surface area contributed by atoms with Gasteiger partial charge in [-0.3, -0.25) is 0 Å². The van der Waals surface area contributed by atoms with E-state index < -0.39 is 0 Å². The summed E-state index contributed by atoms with van der Waals surface area (Å²) >= 11 is 0. The summed E-state index contributed by atoms with van der Waals surface area (Å²) in [5.74, 6) is 0.715. The molecule has 1 aromatic heterocycles. The Morgan fingerprint density at radius 3 is 2.68 bits per heavy atom. The number of nitrogens with zero attached hydrogens (tertiary/aromatic N) is 3. The number of nitriles is 1. The third-order valence-corrected chi connectivity index (χ3v) is 3.32. The van der Waals surface area contributed by atoms with Crippen LogP contribution in [0.5, 0.6) is 0 Å². The normalized spacial score (nSPS) is 10.8. The van der Waals surface area contributed by atoms with Crippen molar-refractivity contribution in [2.45, 2.75) is 40.2 Å². The number of hydrogen-bond donors (Lipinski definition) is 1. The quantitative estimate of drug-likeness (QED) is 0.799. The number of hydrogen-bond acceptors (Lipinski definition) is 4. The highest BCUT2D eigenvalue weighted by molar-refractivity contribution is 5.56. The van der Waals surface area contributed by atoms with Gasteiger partial charge in [0, 0.05) is 18.3 Å². The fourth-order valence-electron chi connectivity index (χ4n) is 1.90. The van der Waals surface area contributed by atoms with Gasteiger partial charge in [-0.15, -0.1) is 0 Å². The molecule has 0 aliphatic rings. The molecule has 1 N–H and O–H groups in total. The molecule has 0 aliphatic carbocycles. The largest absolute Gasteiger partial charge is 0.369 e. The average molecular weight is 260 g/mol. The SMILES string of the molecule is Cc1cc(C)c(C#N)c(NCCCN(C)C(C)C)n1. The molecule has 0 fully saturated rings. The monoisotopic (exact) mass is 260 g/mol. The summed E-state index contributed by atoms with van der Waals surface area (Å²) in [6.45, 7) is 10.1. The van der Waals surface area contributed by atoms with Crippen LogP contribution in [0, 0.1) is 25.2 Å². The zero-order chi connectivity index (χ0) is 14.4. The maximum Gasteiger partial charge on any atom is 0.144 e. The van der Waals surface area contributed by atoms with E-state index in [1.165, 1.54) is 0 Å². The first kappa shape index (κ1) is 15.5. The second kappa shape index (κ2) is 7.10. The van der Waals surface area contributed by atoms with E-state index in [-0.39, 0.29) is 0 Å². The van der Waals surface area contributed by atoms with Crippen LogP contribution in [-0.4, -0.2) is 36.1 Å². The van der Waals surface area contributed by atoms with E-state index in [0.717, 1.165) is 30.8 Å². The van der Waals surface area contributed by atoms with Crippen LogP contribution in [0.15, 0.2) is 6.07 Å². The van der Waals surface area contributed by atoms with E-state index in [1.807, 2.05) is 19.9 Å². The van der Waals surface area contributed by atoms with Crippen molar-refractivity contribution in [2.75, 3.05) is 25.5 Å². The summed E-state index contributed by atoms with van der Waals surface area (Å²) in [6, 6.07) is 4.73. The lowest BCUT2D eigenvalue weighted by molar-refractivity contribution is 0.273. The van der Waals surface area contributed by atoms with Crippen LogP contribution in [0.1, 0.15) is 37.1 Å². The van der Waals surface area contributed by atoms with Gasteiger partial charge in [0.1, 0.15) is 11.9 Å². The minimum atomic E-state index is 0.564. The van der Waals surface area contributed by atoms with Gasteiger partial charge in [0.15, 0.2) is 0 Å². The Morgan fingerprint density at radius 1 is 1.42 bits per heavy atom. The molecule has 1 rings (SSSR count). The Bertz CT molecular complexity index is 460. The van der Waals surface area contributed by atoms with Crippen LogP contribution in [0.25, 0.3) is 0 Å². The lowest BCUT2D eigenvalue weighted by Crippen LogP contribution is -2.28. The van der Waals surface area contributed by atoms with Gasteiger partial charge in [-0.25, -0.2) is 4.98 Å². The molecular weight excluding hydrogens is 236 g/mol. The zero-order valence-electron chi connectivity index (χ0n) is 12.6. The topological polar surface area (TPSA) is 52.0 Å². The zero-order valence-corrected chi connectivity index (χ0v) is 12.6. The van der Waals surface area contributed by atoms with Crippen LogP contribution in [0.2, 0.25) is 0 Å². The minimum Gasteiger partial charge on any atom is -0.369 e. The highest BCUT2D eigenvalue weighted by Crippen LogP contribution is 2.17.